The summed E-state index contributed by atoms with van der Waals surface area (Å²) >= 11 is 0. The van der Waals surface area contributed by atoms with Gasteiger partial charge in [-0.05, 0) is 102 Å². The zero-order valence-electron chi connectivity index (χ0n) is 39.9. The maximum absolute atomic E-state index is 13.9. The number of hydrogen-bond donors (Lipinski definition) is 1. The van der Waals surface area contributed by atoms with E-state index in [1.54, 1.807) is 21.7 Å². The third kappa shape index (κ3) is 12.8. The molecule has 6 rings (SSSR count). The minimum atomic E-state index is -1.31. The van der Waals surface area contributed by atoms with Gasteiger partial charge in [0.2, 0.25) is 0 Å². The van der Waals surface area contributed by atoms with Gasteiger partial charge in [-0.1, -0.05) is 63.5 Å². The van der Waals surface area contributed by atoms with E-state index in [1.807, 2.05) is 93.7 Å². The lowest BCUT2D eigenvalue weighted by atomic mass is 10.0. The van der Waals surface area contributed by atoms with Crippen molar-refractivity contribution in [1.29, 1.82) is 0 Å². The number of rotatable bonds is 15. The van der Waals surface area contributed by atoms with Gasteiger partial charge in [-0.2, -0.15) is 0 Å². The summed E-state index contributed by atoms with van der Waals surface area (Å²) in [5, 5.41) is 3.14. The Morgan fingerprint density at radius 3 is 1.95 bits per heavy atom. The minimum absolute atomic E-state index is 0.0821. The van der Waals surface area contributed by atoms with Crippen LogP contribution in [0.5, 0.6) is 0 Å². The lowest BCUT2D eigenvalue weighted by Gasteiger charge is -2.30. The summed E-state index contributed by atoms with van der Waals surface area (Å²) in [5.74, 6) is 1.96. The van der Waals surface area contributed by atoms with E-state index in [4.69, 9.17) is 24.2 Å². The zero-order chi connectivity index (χ0) is 45.9. The second kappa shape index (κ2) is 19.3. The molecule has 0 radical (unpaired) electrons. The third-order valence-corrected chi connectivity index (χ3v) is 14.7. The molecule has 0 aliphatic carbocycles. The standard InChI is InChI=1S/C47H72N8O6Si2/c1-46(2,3)50-44(57)52-22-13-15-37(52)42-48-30-39(55(42)33-60-26-28-63(10,11)12)35-19-17-34(18-20-35)36-21-24-54(41(56)29-36)40-31-51(32-59-25-27-62(7,8)9)43(49-40)38-16-14-23-53(38)45(58)61-47(4,5)6/h17-21,24,29-31,37-38H,13-16,22-23,25-28,32-33H2,1-12H3,(H,50,57). The number of aromatic nitrogens is 5. The molecule has 16 heteroatoms. The molecule has 1 N–H and O–H groups in total. The molecule has 14 nitrogen and oxygen atoms in total. The molecule has 4 aromatic rings. The fraction of sp³-hybridized carbons (Fsp3) is 0.596. The fourth-order valence-corrected chi connectivity index (χ4v) is 9.44. The van der Waals surface area contributed by atoms with E-state index in [0.29, 0.717) is 44.7 Å². The SMILES string of the molecule is CC(C)(C)NC(=O)N1CCCC1c1ncc(-c2ccc(-c3ccn(-c4cn(COCC[Si](C)(C)C)c(C5CCCN5C(=O)OC(C)(C)C)n4)c(=O)c3)cc2)n1COCC[Si](C)(C)C. The molecule has 344 valence electrons. The Hall–Kier alpha value is -4.52. The number of pyridine rings is 1. The molecular weight excluding hydrogens is 829 g/mol. The van der Waals surface area contributed by atoms with Crippen LogP contribution in [0.4, 0.5) is 9.59 Å². The van der Waals surface area contributed by atoms with Crippen molar-refractivity contribution in [2.75, 3.05) is 26.3 Å². The van der Waals surface area contributed by atoms with Gasteiger partial charge in [-0.3, -0.25) is 14.3 Å². The van der Waals surface area contributed by atoms with Crippen LogP contribution in [0.25, 0.3) is 28.2 Å². The van der Waals surface area contributed by atoms with Gasteiger partial charge in [0, 0.05) is 60.3 Å². The normalized spacial score (nSPS) is 17.5. The highest BCUT2D eigenvalue weighted by Gasteiger charge is 2.37. The molecule has 1 aromatic carbocycles. The van der Waals surface area contributed by atoms with Gasteiger partial charge >= 0.3 is 12.1 Å². The van der Waals surface area contributed by atoms with Crippen LogP contribution >= 0.6 is 0 Å². The molecule has 2 fully saturated rings. The Labute approximate surface area is 376 Å². The number of amides is 3. The van der Waals surface area contributed by atoms with E-state index < -0.39 is 21.7 Å². The smallest absolute Gasteiger partial charge is 0.410 e. The lowest BCUT2D eigenvalue weighted by molar-refractivity contribution is 0.0204. The summed E-state index contributed by atoms with van der Waals surface area (Å²) in [6.45, 7) is 28.7. The number of hydrogen-bond acceptors (Lipinski definition) is 8. The van der Waals surface area contributed by atoms with Crippen molar-refractivity contribution in [2.24, 2.45) is 0 Å². The van der Waals surface area contributed by atoms with E-state index in [2.05, 4.69) is 49.2 Å². The maximum atomic E-state index is 13.9. The molecule has 2 atom stereocenters. The van der Waals surface area contributed by atoms with Crippen LogP contribution < -0.4 is 10.9 Å². The van der Waals surface area contributed by atoms with Gasteiger partial charge in [0.1, 0.15) is 30.7 Å². The van der Waals surface area contributed by atoms with Crippen LogP contribution in [0, 0.1) is 0 Å². The predicted octanol–water partition coefficient (Wildman–Crippen LogP) is 9.91. The van der Waals surface area contributed by atoms with Gasteiger partial charge < -0.3 is 33.6 Å². The van der Waals surface area contributed by atoms with Gasteiger partial charge in [0.05, 0.1) is 30.2 Å². The van der Waals surface area contributed by atoms with Crippen LogP contribution in [0.15, 0.2) is 59.8 Å². The Morgan fingerprint density at radius 1 is 0.778 bits per heavy atom. The first-order valence-electron chi connectivity index (χ1n) is 22.7. The summed E-state index contributed by atoms with van der Waals surface area (Å²) in [6.07, 6.45) is 8.40. The van der Waals surface area contributed by atoms with Crippen molar-refractivity contribution in [1.82, 2.24) is 38.8 Å². The third-order valence-electron chi connectivity index (χ3n) is 11.3. The quantitative estimate of drug-likeness (QED) is 0.0920. The van der Waals surface area contributed by atoms with Gasteiger partial charge in [0.25, 0.3) is 5.56 Å². The molecule has 0 spiro atoms. The van der Waals surface area contributed by atoms with E-state index in [0.717, 1.165) is 66.0 Å². The molecule has 3 aromatic heterocycles. The zero-order valence-corrected chi connectivity index (χ0v) is 41.9. The number of nitrogens with zero attached hydrogens (tertiary/aromatic N) is 7. The van der Waals surface area contributed by atoms with Crippen LogP contribution in [0.3, 0.4) is 0 Å². The number of urea groups is 1. The maximum Gasteiger partial charge on any atom is 0.410 e. The summed E-state index contributed by atoms with van der Waals surface area (Å²) in [6, 6.07) is 13.2. The van der Waals surface area contributed by atoms with Crippen molar-refractivity contribution in [3.8, 4) is 28.2 Å². The monoisotopic (exact) mass is 901 g/mol. The lowest BCUT2D eigenvalue weighted by Crippen LogP contribution is -2.48. The first-order chi connectivity index (χ1) is 29.5. The number of carbonyl (C=O) groups is 2. The predicted molar refractivity (Wildman–Crippen MR) is 255 cm³/mol. The number of likely N-dealkylation sites (tertiary alicyclic amines) is 2. The Kier molecular flexibility index (Phi) is 14.7. The van der Waals surface area contributed by atoms with Crippen molar-refractivity contribution < 1.29 is 23.8 Å². The number of imidazole rings is 2. The highest BCUT2D eigenvalue weighted by atomic mass is 28.3. The summed E-state index contributed by atoms with van der Waals surface area (Å²) in [5.41, 5.74) is 2.33. The van der Waals surface area contributed by atoms with Crippen molar-refractivity contribution in [2.45, 2.75) is 155 Å². The first-order valence-corrected chi connectivity index (χ1v) is 30.1. The minimum Gasteiger partial charge on any atom is -0.444 e. The van der Waals surface area contributed by atoms with E-state index in [-0.39, 0.29) is 42.0 Å². The van der Waals surface area contributed by atoms with Gasteiger partial charge in [-0.15, -0.1) is 0 Å². The average Bonchev–Trinajstić information content (AvgIpc) is 3.99. The molecule has 3 amide bonds. The molecule has 0 bridgehead atoms. The molecular formula is C47H72N8O6Si2. The topological polar surface area (TPSA) is 138 Å². The first kappa shape index (κ1) is 48.0. The summed E-state index contributed by atoms with van der Waals surface area (Å²) in [7, 11) is -2.61. The fourth-order valence-electron chi connectivity index (χ4n) is 7.93. The Balaban J connectivity index is 1.26. The number of ether oxygens (including phenoxy) is 3. The number of nitrogens with one attached hydrogen (secondary N) is 1. The molecule has 5 heterocycles. The average molecular weight is 901 g/mol. The second-order valence-corrected chi connectivity index (χ2v) is 32.9. The number of carbonyl (C=O) groups excluding carboxylic acids is 2. The second-order valence-electron chi connectivity index (χ2n) is 21.6. The molecule has 2 aliphatic rings. The molecule has 63 heavy (non-hydrogen) atoms. The molecule has 0 saturated carbocycles. The van der Waals surface area contributed by atoms with Gasteiger partial charge in [0.15, 0.2) is 5.82 Å². The van der Waals surface area contributed by atoms with Crippen LogP contribution in [-0.2, 0) is 27.7 Å². The van der Waals surface area contributed by atoms with Crippen LogP contribution in [0.1, 0.15) is 91.0 Å². The van der Waals surface area contributed by atoms with E-state index in [1.165, 1.54) is 0 Å². The van der Waals surface area contributed by atoms with Crippen LogP contribution in [0.2, 0.25) is 51.4 Å². The highest BCUT2D eigenvalue weighted by Crippen LogP contribution is 2.36. The highest BCUT2D eigenvalue weighted by molar-refractivity contribution is 6.76. The Bertz CT molecular complexity index is 2260. The van der Waals surface area contributed by atoms with Crippen molar-refractivity contribution in [3.05, 3.63) is 77.0 Å². The number of benzene rings is 1. The molecule has 2 saturated heterocycles. The summed E-state index contributed by atoms with van der Waals surface area (Å²) in [4.78, 5) is 54.2. The Morgan fingerprint density at radius 2 is 1.37 bits per heavy atom. The summed E-state index contributed by atoms with van der Waals surface area (Å²) < 4.78 is 23.9. The molecule has 2 aliphatic heterocycles. The van der Waals surface area contributed by atoms with Crippen LogP contribution in [-0.4, -0.2) is 99.2 Å². The van der Waals surface area contributed by atoms with Crippen molar-refractivity contribution >= 4 is 28.3 Å². The van der Waals surface area contributed by atoms with E-state index >= 15 is 0 Å². The molecule has 2 unspecified atom stereocenters. The van der Waals surface area contributed by atoms with Crippen molar-refractivity contribution in [3.63, 3.8) is 0 Å². The largest absolute Gasteiger partial charge is 0.444 e. The van der Waals surface area contributed by atoms with E-state index in [9.17, 15) is 14.4 Å². The van der Waals surface area contributed by atoms with Gasteiger partial charge in [-0.25, -0.2) is 19.6 Å².